The Labute approximate surface area is 230 Å². The number of imidazole rings is 1. The summed E-state index contributed by atoms with van der Waals surface area (Å²) in [4.78, 5) is 53.7. The van der Waals surface area contributed by atoms with Crippen LogP contribution >= 0.6 is 7.82 Å². The number of carbonyl (C=O) groups is 2. The van der Waals surface area contributed by atoms with Crippen molar-refractivity contribution in [2.75, 3.05) is 25.6 Å². The highest BCUT2D eigenvalue weighted by Gasteiger charge is 2.45. The number of rotatable bonds is 13. The van der Waals surface area contributed by atoms with Crippen LogP contribution in [-0.4, -0.2) is 76.1 Å². The van der Waals surface area contributed by atoms with Crippen molar-refractivity contribution in [2.45, 2.75) is 71.9 Å². The van der Waals surface area contributed by atoms with E-state index in [4.69, 9.17) is 33.7 Å². The maximum atomic E-state index is 12.8. The van der Waals surface area contributed by atoms with E-state index in [1.54, 1.807) is 52.6 Å². The highest BCUT2D eigenvalue weighted by molar-refractivity contribution is 7.47. The average Bonchev–Trinajstić information content (AvgIpc) is 3.41. The number of carbonyl (C=O) groups excluding carboxylic acids is 2. The number of phosphoric acid groups is 1. The smallest absolute Gasteiger partial charge is 0.459 e. The summed E-state index contributed by atoms with van der Waals surface area (Å²) < 4.78 is 48.3. The molecule has 224 valence electrons. The number of anilines is 1. The van der Waals surface area contributed by atoms with Crippen molar-refractivity contribution >= 4 is 37.2 Å². The van der Waals surface area contributed by atoms with E-state index in [9.17, 15) is 23.8 Å². The number of fused-ring (bicyclic) bond motifs is 1. The Bertz CT molecular complexity index is 1300. The third-order valence-electron chi connectivity index (χ3n) is 5.87. The highest BCUT2D eigenvalue weighted by atomic mass is 31.2. The van der Waals surface area contributed by atoms with Gasteiger partial charge in [-0.25, -0.2) is 9.13 Å². The molecule has 40 heavy (non-hydrogen) atoms. The Morgan fingerprint density at radius 2 is 2.02 bits per heavy atom. The van der Waals surface area contributed by atoms with E-state index in [0.717, 1.165) is 0 Å². The van der Waals surface area contributed by atoms with Gasteiger partial charge in [-0.1, -0.05) is 0 Å². The number of phosphoric ester groups is 1. The van der Waals surface area contributed by atoms with E-state index in [1.165, 1.54) is 4.57 Å². The van der Waals surface area contributed by atoms with Gasteiger partial charge in [-0.2, -0.15) is 9.55 Å². The predicted molar refractivity (Wildman–Crippen MR) is 138 cm³/mol. The third-order valence-corrected chi connectivity index (χ3v) is 6.86. The lowest BCUT2D eigenvalue weighted by Crippen LogP contribution is -2.36. The Morgan fingerprint density at radius 3 is 2.60 bits per heavy atom. The number of nitrogen functional groups attached to an aromatic ring is 1. The van der Waals surface area contributed by atoms with Gasteiger partial charge in [-0.05, 0) is 34.6 Å². The van der Waals surface area contributed by atoms with E-state index in [2.05, 4.69) is 9.97 Å². The second-order valence-corrected chi connectivity index (χ2v) is 11.5. The van der Waals surface area contributed by atoms with Crippen LogP contribution in [0.15, 0.2) is 11.1 Å². The Morgan fingerprint density at radius 1 is 1.38 bits per heavy atom. The molecule has 2 aromatic heterocycles. The number of aromatic nitrogens is 4. The standard InChI is InChI=1S/C23H36N5O11P/c1-7-34-20(35-8-2)14(10-29)39-40(32,33)36-11-15-13(38-21(31)23(3,4)5)9-16(37-15)28-12-27(6)17-18(28)25-22(24)26-19(17)30/h10,12-16,20H,7-9,11H2,1-6H3,(H3-,24,25,26,30,32,33)/p+1/t13?,14?,15-,16-/m1/s1. The van der Waals surface area contributed by atoms with Crippen molar-refractivity contribution in [3.63, 3.8) is 0 Å². The molecule has 0 aliphatic carbocycles. The second-order valence-electron chi connectivity index (χ2n) is 10.1. The van der Waals surface area contributed by atoms with Crippen LogP contribution in [0.5, 0.6) is 0 Å². The molecule has 4 N–H and O–H groups in total. The van der Waals surface area contributed by atoms with E-state index in [1.807, 2.05) is 0 Å². The summed E-state index contributed by atoms with van der Waals surface area (Å²) >= 11 is 0. The average molecular weight is 591 g/mol. The van der Waals surface area contributed by atoms with Crippen LogP contribution in [0.25, 0.3) is 11.2 Å². The molecule has 0 radical (unpaired) electrons. The molecule has 1 fully saturated rings. The van der Waals surface area contributed by atoms with Crippen LogP contribution in [0, 0.1) is 5.41 Å². The zero-order valence-electron chi connectivity index (χ0n) is 23.3. The molecule has 2 aromatic rings. The maximum absolute atomic E-state index is 12.8. The zero-order valence-corrected chi connectivity index (χ0v) is 24.2. The fourth-order valence-electron chi connectivity index (χ4n) is 4.00. The first-order valence-electron chi connectivity index (χ1n) is 12.7. The number of hydrogen-bond acceptors (Lipinski definition) is 12. The van der Waals surface area contributed by atoms with Crippen molar-refractivity contribution in [3.05, 3.63) is 16.7 Å². The molecule has 0 amide bonds. The molecular formula is C23H37N5O11P+. The van der Waals surface area contributed by atoms with Crippen molar-refractivity contribution in [2.24, 2.45) is 12.5 Å². The minimum atomic E-state index is -4.85. The first-order valence-corrected chi connectivity index (χ1v) is 14.2. The molecule has 3 rings (SSSR count). The van der Waals surface area contributed by atoms with Gasteiger partial charge in [0.05, 0.1) is 25.5 Å². The molecule has 0 spiro atoms. The van der Waals surface area contributed by atoms with Crippen LogP contribution in [0.2, 0.25) is 0 Å². The summed E-state index contributed by atoms with van der Waals surface area (Å²) in [7, 11) is -3.21. The molecule has 17 heteroatoms. The SMILES string of the molecule is CCOC(OCC)C(C=O)OP(=O)(O)OC[C@H]1O[C@@H](n2c[n+](C)c3c(=O)[nH]c(N)nc32)CC1OC(=O)C(C)(C)C. The summed E-state index contributed by atoms with van der Waals surface area (Å²) in [6.07, 6.45) is -3.61. The van der Waals surface area contributed by atoms with Gasteiger partial charge in [0.15, 0.2) is 18.7 Å². The van der Waals surface area contributed by atoms with E-state index in [-0.39, 0.29) is 43.0 Å². The monoisotopic (exact) mass is 590 g/mol. The van der Waals surface area contributed by atoms with Gasteiger partial charge in [0.25, 0.3) is 11.2 Å². The number of nitrogens with zero attached hydrogens (tertiary/aromatic N) is 3. The maximum Gasteiger partial charge on any atom is 0.473 e. The number of nitrogens with one attached hydrogen (secondary N) is 1. The van der Waals surface area contributed by atoms with E-state index >= 15 is 0 Å². The van der Waals surface area contributed by atoms with E-state index in [0.29, 0.717) is 0 Å². The van der Waals surface area contributed by atoms with Gasteiger partial charge in [0.1, 0.15) is 12.2 Å². The summed E-state index contributed by atoms with van der Waals surface area (Å²) in [6, 6.07) is 0. The van der Waals surface area contributed by atoms with Crippen molar-refractivity contribution in [1.29, 1.82) is 0 Å². The molecule has 1 aliphatic heterocycles. The highest BCUT2D eigenvalue weighted by Crippen LogP contribution is 2.46. The van der Waals surface area contributed by atoms with Gasteiger partial charge < -0.3 is 34.4 Å². The van der Waals surface area contributed by atoms with Crippen LogP contribution in [0.3, 0.4) is 0 Å². The topological polar surface area (TPSA) is 207 Å². The summed E-state index contributed by atoms with van der Waals surface area (Å²) in [6.45, 7) is 8.11. The third kappa shape index (κ3) is 7.51. The number of H-pyrrole nitrogens is 1. The normalized spacial score (nSPS) is 21.9. The zero-order chi connectivity index (χ0) is 29.8. The lowest BCUT2D eigenvalue weighted by atomic mass is 9.97. The summed E-state index contributed by atoms with van der Waals surface area (Å²) in [5, 5.41) is 0. The van der Waals surface area contributed by atoms with Gasteiger partial charge in [0.2, 0.25) is 18.5 Å². The molecule has 3 heterocycles. The predicted octanol–water partition coefficient (Wildman–Crippen LogP) is 0.477. The quantitative estimate of drug-likeness (QED) is 0.0955. The molecule has 5 atom stereocenters. The largest absolute Gasteiger partial charge is 0.473 e. The molecule has 1 aliphatic rings. The Balaban J connectivity index is 1.83. The number of ether oxygens (including phenoxy) is 4. The minimum Gasteiger partial charge on any atom is -0.459 e. The van der Waals surface area contributed by atoms with Gasteiger partial charge in [-0.3, -0.25) is 23.6 Å². The van der Waals surface area contributed by atoms with Crippen LogP contribution in [0.1, 0.15) is 47.3 Å². The number of nitrogens with two attached hydrogens (primary N) is 1. The second kappa shape index (κ2) is 12.9. The number of aryl methyl sites for hydroxylation is 1. The van der Waals surface area contributed by atoms with Crippen molar-refractivity contribution < 1.29 is 51.6 Å². The molecule has 0 aromatic carbocycles. The molecule has 16 nitrogen and oxygen atoms in total. The van der Waals surface area contributed by atoms with Crippen molar-refractivity contribution in [3.8, 4) is 0 Å². The van der Waals surface area contributed by atoms with Crippen LogP contribution in [-0.2, 0) is 49.2 Å². The fourth-order valence-corrected chi connectivity index (χ4v) is 4.85. The number of aldehydes is 1. The van der Waals surface area contributed by atoms with Gasteiger partial charge >= 0.3 is 19.4 Å². The van der Waals surface area contributed by atoms with Gasteiger partial charge in [0, 0.05) is 13.2 Å². The number of hydrogen-bond donors (Lipinski definition) is 3. The first kappa shape index (κ1) is 31.8. The molecule has 1 saturated heterocycles. The lowest BCUT2D eigenvalue weighted by molar-refractivity contribution is -0.646. The summed E-state index contributed by atoms with van der Waals surface area (Å²) in [5.74, 6) is -0.638. The van der Waals surface area contributed by atoms with E-state index < -0.39 is 62.2 Å². The minimum absolute atomic E-state index is 0.0956. The molecule has 0 saturated carbocycles. The van der Waals surface area contributed by atoms with Crippen LogP contribution < -0.4 is 15.9 Å². The van der Waals surface area contributed by atoms with Crippen LogP contribution in [0.4, 0.5) is 5.95 Å². The first-order chi connectivity index (χ1) is 18.7. The Hall–Kier alpha value is -2.72. The molecule has 0 bridgehead atoms. The van der Waals surface area contributed by atoms with Crippen molar-refractivity contribution in [1.82, 2.24) is 14.5 Å². The summed E-state index contributed by atoms with van der Waals surface area (Å²) in [5.41, 5.74) is 4.88. The Kier molecular flexibility index (Phi) is 10.2. The number of esters is 1. The molecular weight excluding hydrogens is 553 g/mol. The van der Waals surface area contributed by atoms with Gasteiger partial charge in [-0.15, -0.1) is 0 Å². The lowest BCUT2D eigenvalue weighted by Gasteiger charge is -2.26. The fraction of sp³-hybridized carbons (Fsp3) is 0.696. The number of aromatic amines is 1. The molecule has 3 unspecified atom stereocenters.